The first kappa shape index (κ1) is 15.3. The first-order valence-corrected chi connectivity index (χ1v) is 7.43. The lowest BCUT2D eigenvalue weighted by Gasteiger charge is -2.28. The number of halogens is 1. The van der Waals surface area contributed by atoms with E-state index in [9.17, 15) is 0 Å². The lowest BCUT2D eigenvalue weighted by atomic mass is 10.0. The standard InChI is InChI=1S/C13H22ClN5O/c1-13(2,6-9-20)18-11-15-10(14)16-12(17-11)19-7-4-3-5-8-19/h20H,3-9H2,1-2H3,(H,15,16,17,18). The molecule has 0 aliphatic carbocycles. The summed E-state index contributed by atoms with van der Waals surface area (Å²) in [4.78, 5) is 14.9. The fourth-order valence-corrected chi connectivity index (χ4v) is 2.43. The molecule has 0 atom stereocenters. The van der Waals surface area contributed by atoms with Crippen molar-refractivity contribution in [2.24, 2.45) is 0 Å². The summed E-state index contributed by atoms with van der Waals surface area (Å²) in [6.07, 6.45) is 4.17. The van der Waals surface area contributed by atoms with E-state index in [1.807, 2.05) is 13.8 Å². The fourth-order valence-electron chi connectivity index (χ4n) is 2.28. The van der Waals surface area contributed by atoms with E-state index in [4.69, 9.17) is 16.7 Å². The molecule has 1 aromatic rings. The average Bonchev–Trinajstić information content (AvgIpc) is 2.38. The number of piperidine rings is 1. The van der Waals surface area contributed by atoms with Crippen LogP contribution in [-0.4, -0.2) is 45.3 Å². The van der Waals surface area contributed by atoms with Crippen LogP contribution in [0.15, 0.2) is 0 Å². The van der Waals surface area contributed by atoms with E-state index >= 15 is 0 Å². The first-order valence-electron chi connectivity index (χ1n) is 7.06. The Bertz CT molecular complexity index is 448. The molecular weight excluding hydrogens is 278 g/mol. The average molecular weight is 300 g/mol. The van der Waals surface area contributed by atoms with Gasteiger partial charge in [-0.3, -0.25) is 0 Å². The number of aliphatic hydroxyl groups excluding tert-OH is 1. The van der Waals surface area contributed by atoms with E-state index in [1.54, 1.807) is 0 Å². The van der Waals surface area contributed by atoms with Crippen LogP contribution in [0.25, 0.3) is 0 Å². The Labute approximate surface area is 124 Å². The Kier molecular flexibility index (Phi) is 4.99. The maximum absolute atomic E-state index is 9.07. The van der Waals surface area contributed by atoms with Gasteiger partial charge >= 0.3 is 0 Å². The van der Waals surface area contributed by atoms with Crippen LogP contribution in [-0.2, 0) is 0 Å². The van der Waals surface area contributed by atoms with Crippen LogP contribution in [0.4, 0.5) is 11.9 Å². The van der Waals surface area contributed by atoms with Crippen molar-refractivity contribution in [3.63, 3.8) is 0 Å². The van der Waals surface area contributed by atoms with E-state index in [-0.39, 0.29) is 17.4 Å². The van der Waals surface area contributed by atoms with Crippen LogP contribution >= 0.6 is 11.6 Å². The molecule has 0 spiro atoms. The van der Waals surface area contributed by atoms with E-state index in [1.165, 1.54) is 6.42 Å². The molecule has 0 radical (unpaired) electrons. The van der Waals surface area contributed by atoms with Crippen molar-refractivity contribution in [3.05, 3.63) is 5.28 Å². The second-order valence-electron chi connectivity index (χ2n) is 5.76. The molecule has 20 heavy (non-hydrogen) atoms. The topological polar surface area (TPSA) is 74.2 Å². The van der Waals surface area contributed by atoms with Gasteiger partial charge in [0.1, 0.15) is 0 Å². The molecule has 2 heterocycles. The number of hydrogen-bond donors (Lipinski definition) is 2. The van der Waals surface area contributed by atoms with Gasteiger partial charge in [0.15, 0.2) is 0 Å². The molecule has 0 aromatic carbocycles. The number of aromatic nitrogens is 3. The van der Waals surface area contributed by atoms with Gasteiger partial charge in [-0.15, -0.1) is 0 Å². The Hall–Kier alpha value is -1.14. The number of rotatable bonds is 5. The molecule has 2 rings (SSSR count). The van der Waals surface area contributed by atoms with Gasteiger partial charge in [0.05, 0.1) is 0 Å². The molecule has 1 saturated heterocycles. The molecule has 0 bridgehead atoms. The van der Waals surface area contributed by atoms with Gasteiger partial charge in [-0.2, -0.15) is 15.0 Å². The van der Waals surface area contributed by atoms with Crippen molar-refractivity contribution in [2.75, 3.05) is 29.9 Å². The van der Waals surface area contributed by atoms with Crippen molar-refractivity contribution in [3.8, 4) is 0 Å². The second-order valence-corrected chi connectivity index (χ2v) is 6.10. The second kappa shape index (κ2) is 6.54. The molecular formula is C13H22ClN5O. The highest BCUT2D eigenvalue weighted by atomic mass is 35.5. The monoisotopic (exact) mass is 299 g/mol. The Morgan fingerprint density at radius 2 is 1.90 bits per heavy atom. The molecule has 0 saturated carbocycles. The van der Waals surface area contributed by atoms with Crippen molar-refractivity contribution in [1.29, 1.82) is 0 Å². The van der Waals surface area contributed by atoms with E-state index < -0.39 is 0 Å². The highest BCUT2D eigenvalue weighted by Crippen LogP contribution is 2.21. The number of nitrogens with one attached hydrogen (secondary N) is 1. The predicted molar refractivity (Wildman–Crippen MR) is 80.3 cm³/mol. The Balaban J connectivity index is 2.15. The van der Waals surface area contributed by atoms with Gasteiger partial charge in [0.2, 0.25) is 17.2 Å². The lowest BCUT2D eigenvalue weighted by Crippen LogP contribution is -2.34. The number of nitrogens with zero attached hydrogens (tertiary/aromatic N) is 4. The Morgan fingerprint density at radius 1 is 1.20 bits per heavy atom. The molecule has 7 heteroatoms. The maximum atomic E-state index is 9.07. The fraction of sp³-hybridized carbons (Fsp3) is 0.769. The lowest BCUT2D eigenvalue weighted by molar-refractivity contribution is 0.260. The third-order valence-corrected chi connectivity index (χ3v) is 3.59. The summed E-state index contributed by atoms with van der Waals surface area (Å²) in [5.74, 6) is 1.09. The van der Waals surface area contributed by atoms with Crippen LogP contribution in [0, 0.1) is 0 Å². The van der Waals surface area contributed by atoms with Gasteiger partial charge in [-0.1, -0.05) is 0 Å². The SMILES string of the molecule is CC(C)(CCO)Nc1nc(Cl)nc(N2CCCCC2)n1. The number of aliphatic hydroxyl groups is 1. The van der Waals surface area contributed by atoms with Crippen LogP contribution in [0.1, 0.15) is 39.5 Å². The zero-order valence-electron chi connectivity index (χ0n) is 12.1. The molecule has 112 valence electrons. The van der Waals surface area contributed by atoms with E-state index in [0.29, 0.717) is 18.3 Å². The number of anilines is 2. The molecule has 1 fully saturated rings. The van der Waals surface area contributed by atoms with Crippen molar-refractivity contribution in [1.82, 2.24) is 15.0 Å². The molecule has 0 unspecified atom stereocenters. The van der Waals surface area contributed by atoms with Crippen LogP contribution < -0.4 is 10.2 Å². The Morgan fingerprint density at radius 3 is 2.55 bits per heavy atom. The van der Waals surface area contributed by atoms with Crippen LogP contribution in [0.3, 0.4) is 0 Å². The quantitative estimate of drug-likeness (QED) is 0.867. The molecule has 0 amide bonds. The molecule has 2 N–H and O–H groups in total. The third-order valence-electron chi connectivity index (χ3n) is 3.42. The van der Waals surface area contributed by atoms with Crippen molar-refractivity contribution < 1.29 is 5.11 Å². The first-order chi connectivity index (χ1) is 9.50. The van der Waals surface area contributed by atoms with E-state index in [0.717, 1.165) is 25.9 Å². The molecule has 1 aromatic heterocycles. The van der Waals surface area contributed by atoms with Gasteiger partial charge in [0.25, 0.3) is 0 Å². The summed E-state index contributed by atoms with van der Waals surface area (Å²) >= 11 is 6.00. The summed E-state index contributed by atoms with van der Waals surface area (Å²) in [5, 5.41) is 12.5. The zero-order valence-corrected chi connectivity index (χ0v) is 12.8. The van der Waals surface area contributed by atoms with Gasteiger partial charge in [-0.05, 0) is 51.1 Å². The minimum absolute atomic E-state index is 0.109. The minimum Gasteiger partial charge on any atom is -0.396 e. The summed E-state index contributed by atoms with van der Waals surface area (Å²) < 4.78 is 0. The summed E-state index contributed by atoms with van der Waals surface area (Å²) in [6.45, 7) is 6.00. The third kappa shape index (κ3) is 4.18. The van der Waals surface area contributed by atoms with Crippen LogP contribution in [0.5, 0.6) is 0 Å². The maximum Gasteiger partial charge on any atom is 0.231 e. The summed E-state index contributed by atoms with van der Waals surface area (Å²) in [5.41, 5.74) is -0.293. The number of hydrogen-bond acceptors (Lipinski definition) is 6. The van der Waals surface area contributed by atoms with Gasteiger partial charge in [-0.25, -0.2) is 0 Å². The molecule has 1 aliphatic rings. The van der Waals surface area contributed by atoms with Crippen molar-refractivity contribution >= 4 is 23.5 Å². The highest BCUT2D eigenvalue weighted by Gasteiger charge is 2.20. The van der Waals surface area contributed by atoms with E-state index in [2.05, 4.69) is 25.2 Å². The van der Waals surface area contributed by atoms with Crippen LogP contribution in [0.2, 0.25) is 5.28 Å². The zero-order chi connectivity index (χ0) is 14.6. The highest BCUT2D eigenvalue weighted by molar-refractivity contribution is 6.28. The molecule has 6 nitrogen and oxygen atoms in total. The normalized spacial score (nSPS) is 16.3. The predicted octanol–water partition coefficient (Wildman–Crippen LogP) is 2.09. The molecule has 1 aliphatic heterocycles. The smallest absolute Gasteiger partial charge is 0.231 e. The summed E-state index contributed by atoms with van der Waals surface area (Å²) in [6, 6.07) is 0. The largest absolute Gasteiger partial charge is 0.396 e. The van der Waals surface area contributed by atoms with Gasteiger partial charge in [0, 0.05) is 25.2 Å². The minimum atomic E-state index is -0.293. The van der Waals surface area contributed by atoms with Gasteiger partial charge < -0.3 is 15.3 Å². The van der Waals surface area contributed by atoms with Crippen molar-refractivity contribution in [2.45, 2.75) is 45.1 Å². The summed E-state index contributed by atoms with van der Waals surface area (Å²) in [7, 11) is 0.